The van der Waals surface area contributed by atoms with Gasteiger partial charge in [-0.3, -0.25) is 4.79 Å². The summed E-state index contributed by atoms with van der Waals surface area (Å²) in [6, 6.07) is 7.05. The highest BCUT2D eigenvalue weighted by molar-refractivity contribution is 7.90. The van der Waals surface area contributed by atoms with E-state index < -0.39 is 14.8 Å². The Bertz CT molecular complexity index is 735. The molecule has 27 heavy (non-hydrogen) atoms. The van der Waals surface area contributed by atoms with Crippen molar-refractivity contribution in [1.29, 1.82) is 0 Å². The van der Waals surface area contributed by atoms with Crippen LogP contribution in [-0.2, 0) is 19.6 Å². The van der Waals surface area contributed by atoms with Crippen molar-refractivity contribution >= 4 is 21.6 Å². The van der Waals surface area contributed by atoms with E-state index in [1.807, 2.05) is 0 Å². The number of carbonyl (C=O) groups excluding carboxylic acids is 1. The molecule has 0 spiro atoms. The predicted molar refractivity (Wildman–Crippen MR) is 105 cm³/mol. The summed E-state index contributed by atoms with van der Waals surface area (Å²) in [7, 11) is -1.83. The van der Waals surface area contributed by atoms with Crippen LogP contribution in [0.5, 0.6) is 5.75 Å². The van der Waals surface area contributed by atoms with Gasteiger partial charge in [-0.1, -0.05) is 6.07 Å². The third-order valence-electron chi connectivity index (χ3n) is 4.67. The van der Waals surface area contributed by atoms with Gasteiger partial charge < -0.3 is 14.8 Å². The Hall–Kier alpha value is -1.64. The highest BCUT2D eigenvalue weighted by Crippen LogP contribution is 2.28. The number of hydrogen-bond donors (Lipinski definition) is 2. The third kappa shape index (κ3) is 6.19. The molecule has 1 fully saturated rings. The number of carbonyl (C=O) groups is 1. The van der Waals surface area contributed by atoms with E-state index in [2.05, 4.69) is 10.0 Å². The summed E-state index contributed by atoms with van der Waals surface area (Å²) < 4.78 is 36.7. The average Bonchev–Trinajstić information content (AvgIpc) is 2.59. The second-order valence-electron chi connectivity index (χ2n) is 7.85. The Morgan fingerprint density at radius 1 is 1.19 bits per heavy atom. The monoisotopic (exact) mass is 398 g/mol. The summed E-state index contributed by atoms with van der Waals surface area (Å²) in [5, 5.41) is 2.92. The lowest BCUT2D eigenvalue weighted by Gasteiger charge is -2.30. The lowest BCUT2D eigenvalue weighted by Crippen LogP contribution is -2.46. The fraction of sp³-hybridized carbons (Fsp3) is 0.632. The van der Waals surface area contributed by atoms with E-state index in [1.54, 1.807) is 52.1 Å². The molecule has 0 saturated heterocycles. The minimum absolute atomic E-state index is 0.0454. The third-order valence-corrected chi connectivity index (χ3v) is 6.93. The fourth-order valence-electron chi connectivity index (χ4n) is 2.90. The highest BCUT2D eigenvalue weighted by Gasteiger charge is 2.34. The van der Waals surface area contributed by atoms with Gasteiger partial charge in [-0.15, -0.1) is 0 Å². The summed E-state index contributed by atoms with van der Waals surface area (Å²) in [5.74, 6) is 0.454. The molecule has 152 valence electrons. The summed E-state index contributed by atoms with van der Waals surface area (Å²) in [6.07, 6.45) is 2.63. The summed E-state index contributed by atoms with van der Waals surface area (Å²) in [6.45, 7) is 5.18. The topological polar surface area (TPSA) is 93.7 Å². The van der Waals surface area contributed by atoms with Gasteiger partial charge in [0.25, 0.3) is 0 Å². The van der Waals surface area contributed by atoms with Crippen molar-refractivity contribution in [1.82, 2.24) is 4.72 Å². The van der Waals surface area contributed by atoms with Crippen LogP contribution in [-0.4, -0.2) is 39.0 Å². The van der Waals surface area contributed by atoms with Crippen LogP contribution in [0.1, 0.15) is 46.5 Å². The maximum Gasteiger partial charge on any atom is 0.227 e. The number of anilines is 1. The maximum absolute atomic E-state index is 12.5. The minimum atomic E-state index is -3.37. The first-order valence-electron chi connectivity index (χ1n) is 9.17. The molecule has 0 unspecified atom stereocenters. The van der Waals surface area contributed by atoms with E-state index >= 15 is 0 Å². The van der Waals surface area contributed by atoms with Crippen molar-refractivity contribution in [2.75, 3.05) is 19.2 Å². The standard InChI is InChI=1S/C19H30N2O5S/c1-19(2,3)27(23,24)21-15-10-8-14(9-11-15)18(22)20-16-6-5-7-17(12-16)26-13-25-4/h5-7,12,14-15,21H,8-11,13H2,1-4H3,(H,20,22). The zero-order valence-electron chi connectivity index (χ0n) is 16.4. The van der Waals surface area contributed by atoms with Gasteiger partial charge in [0, 0.05) is 30.8 Å². The van der Waals surface area contributed by atoms with Gasteiger partial charge in [-0.2, -0.15) is 0 Å². The molecular formula is C19H30N2O5S. The fourth-order valence-corrected chi connectivity index (χ4v) is 3.93. The summed E-state index contributed by atoms with van der Waals surface area (Å²) in [5.41, 5.74) is 0.671. The Morgan fingerprint density at radius 2 is 1.85 bits per heavy atom. The first-order valence-corrected chi connectivity index (χ1v) is 10.7. The van der Waals surface area contributed by atoms with Crippen LogP contribution in [0.2, 0.25) is 0 Å². The first kappa shape index (κ1) is 21.7. The van der Waals surface area contributed by atoms with Crippen LogP contribution in [0.4, 0.5) is 5.69 Å². The van der Waals surface area contributed by atoms with Gasteiger partial charge in [0.05, 0.1) is 4.75 Å². The zero-order chi connectivity index (χ0) is 20.1. The molecule has 0 aliphatic heterocycles. The number of sulfonamides is 1. The average molecular weight is 399 g/mol. The maximum atomic E-state index is 12.5. The van der Waals surface area contributed by atoms with E-state index in [4.69, 9.17) is 9.47 Å². The van der Waals surface area contributed by atoms with E-state index in [-0.39, 0.29) is 24.7 Å². The predicted octanol–water partition coefficient (Wildman–Crippen LogP) is 2.88. The van der Waals surface area contributed by atoms with Crippen molar-refractivity contribution in [2.45, 2.75) is 57.2 Å². The molecule has 0 radical (unpaired) electrons. The van der Waals surface area contributed by atoms with E-state index in [1.165, 1.54) is 0 Å². The quantitative estimate of drug-likeness (QED) is 0.689. The molecule has 1 aromatic carbocycles. The van der Waals surface area contributed by atoms with Crippen LogP contribution in [0.25, 0.3) is 0 Å². The SMILES string of the molecule is COCOc1cccc(NC(=O)C2CCC(NS(=O)(=O)C(C)(C)C)CC2)c1. The van der Waals surface area contributed by atoms with Gasteiger partial charge in [0.1, 0.15) is 5.75 Å². The lowest BCUT2D eigenvalue weighted by molar-refractivity contribution is -0.120. The van der Waals surface area contributed by atoms with Gasteiger partial charge in [0.2, 0.25) is 15.9 Å². The number of nitrogens with one attached hydrogen (secondary N) is 2. The van der Waals surface area contributed by atoms with Gasteiger partial charge in [-0.05, 0) is 58.6 Å². The van der Waals surface area contributed by atoms with E-state index in [0.29, 0.717) is 37.1 Å². The number of rotatable bonds is 7. The second kappa shape index (κ2) is 9.03. The Labute approximate surface area is 161 Å². The molecule has 1 aliphatic carbocycles. The molecule has 0 bridgehead atoms. The molecular weight excluding hydrogens is 368 g/mol. The van der Waals surface area contributed by atoms with Crippen molar-refractivity contribution in [3.8, 4) is 5.75 Å². The molecule has 0 atom stereocenters. The van der Waals surface area contributed by atoms with E-state index in [0.717, 1.165) is 0 Å². The molecule has 1 amide bonds. The number of ether oxygens (including phenoxy) is 2. The molecule has 1 aliphatic rings. The summed E-state index contributed by atoms with van der Waals surface area (Å²) >= 11 is 0. The largest absolute Gasteiger partial charge is 0.467 e. The zero-order valence-corrected chi connectivity index (χ0v) is 17.3. The molecule has 8 heteroatoms. The van der Waals surface area contributed by atoms with Crippen molar-refractivity contribution in [3.05, 3.63) is 24.3 Å². The van der Waals surface area contributed by atoms with Gasteiger partial charge in [0.15, 0.2) is 6.79 Å². The van der Waals surface area contributed by atoms with Crippen LogP contribution < -0.4 is 14.8 Å². The summed E-state index contributed by atoms with van der Waals surface area (Å²) in [4.78, 5) is 12.5. The highest BCUT2D eigenvalue weighted by atomic mass is 32.2. The Balaban J connectivity index is 1.86. The Morgan fingerprint density at radius 3 is 2.44 bits per heavy atom. The second-order valence-corrected chi connectivity index (χ2v) is 10.3. The van der Waals surface area contributed by atoms with Gasteiger partial charge >= 0.3 is 0 Å². The van der Waals surface area contributed by atoms with Crippen molar-refractivity contribution in [2.24, 2.45) is 5.92 Å². The molecule has 1 aromatic rings. The smallest absolute Gasteiger partial charge is 0.227 e. The van der Waals surface area contributed by atoms with Gasteiger partial charge in [-0.25, -0.2) is 13.1 Å². The molecule has 1 saturated carbocycles. The van der Waals surface area contributed by atoms with Crippen LogP contribution in [0.3, 0.4) is 0 Å². The van der Waals surface area contributed by atoms with Crippen LogP contribution >= 0.6 is 0 Å². The van der Waals surface area contributed by atoms with Crippen LogP contribution in [0.15, 0.2) is 24.3 Å². The lowest BCUT2D eigenvalue weighted by atomic mass is 9.86. The normalized spacial score (nSPS) is 20.9. The van der Waals surface area contributed by atoms with E-state index in [9.17, 15) is 13.2 Å². The molecule has 7 nitrogen and oxygen atoms in total. The van der Waals surface area contributed by atoms with Crippen molar-refractivity contribution < 1.29 is 22.7 Å². The molecule has 2 rings (SSSR count). The molecule has 0 aromatic heterocycles. The number of hydrogen-bond acceptors (Lipinski definition) is 5. The minimum Gasteiger partial charge on any atom is -0.467 e. The van der Waals surface area contributed by atoms with Crippen LogP contribution in [0, 0.1) is 5.92 Å². The number of benzene rings is 1. The molecule has 0 heterocycles. The number of methoxy groups -OCH3 is 1. The molecule has 2 N–H and O–H groups in total. The van der Waals surface area contributed by atoms with Crippen molar-refractivity contribution in [3.63, 3.8) is 0 Å². The number of amides is 1. The Kier molecular flexibility index (Phi) is 7.25. The first-order chi connectivity index (χ1) is 12.6.